The minimum atomic E-state index is 0.00688. The lowest BCUT2D eigenvalue weighted by Gasteiger charge is -2.09. The van der Waals surface area contributed by atoms with Crippen LogP contribution in [0, 0.1) is 0 Å². The largest absolute Gasteiger partial charge is 0.339 e. The minimum absolute atomic E-state index is 0.00688. The number of benzene rings is 1. The molecule has 1 aromatic carbocycles. The van der Waals surface area contributed by atoms with Gasteiger partial charge in [-0.15, -0.1) is 11.8 Å². The molecule has 0 spiro atoms. The fourth-order valence-corrected chi connectivity index (χ4v) is 2.42. The number of nitrogens with two attached hydrogens (primary N) is 1. The van der Waals surface area contributed by atoms with Crippen LogP contribution in [-0.2, 0) is 5.75 Å². The first-order valence-corrected chi connectivity index (χ1v) is 7.80. The van der Waals surface area contributed by atoms with Crippen LogP contribution in [0.3, 0.4) is 0 Å². The van der Waals surface area contributed by atoms with Crippen molar-refractivity contribution in [3.63, 3.8) is 0 Å². The molecule has 4 nitrogen and oxygen atoms in total. The minimum Gasteiger partial charge on any atom is -0.339 e. The monoisotopic (exact) mass is 341 g/mol. The molecule has 0 aliphatic heterocycles. The van der Waals surface area contributed by atoms with Crippen LogP contribution < -0.4 is 5.73 Å². The van der Waals surface area contributed by atoms with Crippen LogP contribution in [0.5, 0.6) is 0 Å². The lowest BCUT2D eigenvalue weighted by atomic mass is 10.1. The van der Waals surface area contributed by atoms with E-state index in [1.54, 1.807) is 11.8 Å². The van der Waals surface area contributed by atoms with Gasteiger partial charge in [-0.1, -0.05) is 28.0 Å². The number of rotatable bonds is 5. The SMILES string of the molecule is CC(N)C(C)c1nc(CSc2ccc(Br)cc2)no1. The zero-order valence-corrected chi connectivity index (χ0v) is 13.2. The fourth-order valence-electron chi connectivity index (χ4n) is 1.41. The molecule has 0 aliphatic rings. The molecule has 102 valence electrons. The van der Waals surface area contributed by atoms with Gasteiger partial charge >= 0.3 is 0 Å². The van der Waals surface area contributed by atoms with Gasteiger partial charge in [-0.05, 0) is 31.2 Å². The number of nitrogens with zero attached hydrogens (tertiary/aromatic N) is 2. The molecule has 0 radical (unpaired) electrons. The average molecular weight is 342 g/mol. The van der Waals surface area contributed by atoms with Crippen LogP contribution in [0.2, 0.25) is 0 Å². The van der Waals surface area contributed by atoms with Crippen molar-refractivity contribution in [1.82, 2.24) is 10.1 Å². The molecule has 2 rings (SSSR count). The van der Waals surface area contributed by atoms with Gasteiger partial charge in [-0.25, -0.2) is 0 Å². The van der Waals surface area contributed by atoms with Crippen molar-refractivity contribution in [3.8, 4) is 0 Å². The van der Waals surface area contributed by atoms with E-state index in [1.807, 2.05) is 26.0 Å². The summed E-state index contributed by atoms with van der Waals surface area (Å²) in [5.74, 6) is 2.09. The summed E-state index contributed by atoms with van der Waals surface area (Å²) >= 11 is 5.09. The molecule has 1 aromatic heterocycles. The Labute approximate surface area is 125 Å². The summed E-state index contributed by atoms with van der Waals surface area (Å²) in [5, 5.41) is 3.98. The smallest absolute Gasteiger partial charge is 0.231 e. The summed E-state index contributed by atoms with van der Waals surface area (Å²) in [6, 6.07) is 8.15. The second-order valence-electron chi connectivity index (χ2n) is 4.44. The highest BCUT2D eigenvalue weighted by molar-refractivity contribution is 9.10. The van der Waals surface area contributed by atoms with E-state index in [4.69, 9.17) is 10.3 Å². The number of aromatic nitrogens is 2. The molecule has 0 saturated carbocycles. The fraction of sp³-hybridized carbons (Fsp3) is 0.385. The predicted molar refractivity (Wildman–Crippen MR) is 80.1 cm³/mol. The van der Waals surface area contributed by atoms with Gasteiger partial charge < -0.3 is 10.3 Å². The molecule has 0 aliphatic carbocycles. The first-order chi connectivity index (χ1) is 9.06. The molecule has 0 bridgehead atoms. The summed E-state index contributed by atoms with van der Waals surface area (Å²) < 4.78 is 6.31. The average Bonchev–Trinajstić information content (AvgIpc) is 2.86. The van der Waals surface area contributed by atoms with Crippen molar-refractivity contribution in [1.29, 1.82) is 0 Å². The van der Waals surface area contributed by atoms with Gasteiger partial charge in [0.2, 0.25) is 5.89 Å². The Kier molecular flexibility index (Phi) is 5.01. The molecule has 0 fully saturated rings. The van der Waals surface area contributed by atoms with E-state index in [0.717, 1.165) is 4.47 Å². The van der Waals surface area contributed by atoms with E-state index in [-0.39, 0.29) is 12.0 Å². The van der Waals surface area contributed by atoms with E-state index >= 15 is 0 Å². The second-order valence-corrected chi connectivity index (χ2v) is 6.40. The van der Waals surface area contributed by atoms with Crippen molar-refractivity contribution in [3.05, 3.63) is 40.5 Å². The van der Waals surface area contributed by atoms with Gasteiger partial charge in [0.1, 0.15) is 0 Å². The first kappa shape index (κ1) is 14.6. The molecule has 2 unspecified atom stereocenters. The summed E-state index contributed by atoms with van der Waals surface area (Å²) in [6.07, 6.45) is 0. The van der Waals surface area contributed by atoms with Crippen molar-refractivity contribution in [2.75, 3.05) is 0 Å². The maximum absolute atomic E-state index is 5.82. The molecule has 2 aromatic rings. The van der Waals surface area contributed by atoms with Crippen molar-refractivity contribution in [2.24, 2.45) is 5.73 Å². The third-order valence-corrected chi connectivity index (χ3v) is 4.38. The molecule has 2 N–H and O–H groups in total. The van der Waals surface area contributed by atoms with E-state index in [9.17, 15) is 0 Å². The van der Waals surface area contributed by atoms with E-state index in [1.165, 1.54) is 4.90 Å². The van der Waals surface area contributed by atoms with Crippen molar-refractivity contribution in [2.45, 2.75) is 36.5 Å². The Bertz CT molecular complexity index is 527. The molecule has 6 heteroatoms. The van der Waals surface area contributed by atoms with E-state index in [0.29, 0.717) is 17.5 Å². The maximum atomic E-state index is 5.82. The van der Waals surface area contributed by atoms with E-state index in [2.05, 4.69) is 38.2 Å². The Morgan fingerprint density at radius 1 is 1.32 bits per heavy atom. The molecular weight excluding hydrogens is 326 g/mol. The molecule has 1 heterocycles. The third-order valence-electron chi connectivity index (χ3n) is 2.84. The summed E-state index contributed by atoms with van der Waals surface area (Å²) in [5.41, 5.74) is 5.82. The molecular formula is C13H16BrN3OS. The topological polar surface area (TPSA) is 64.9 Å². The van der Waals surface area contributed by atoms with Gasteiger partial charge in [0.05, 0.1) is 11.7 Å². The van der Waals surface area contributed by atoms with Crippen LogP contribution in [0.4, 0.5) is 0 Å². The highest BCUT2D eigenvalue weighted by Gasteiger charge is 2.17. The van der Waals surface area contributed by atoms with Gasteiger partial charge in [0.25, 0.3) is 0 Å². The third kappa shape index (κ3) is 4.06. The van der Waals surface area contributed by atoms with Crippen LogP contribution in [0.1, 0.15) is 31.5 Å². The second kappa shape index (κ2) is 6.54. The molecule has 19 heavy (non-hydrogen) atoms. The maximum Gasteiger partial charge on any atom is 0.231 e. The Balaban J connectivity index is 1.95. The number of thioether (sulfide) groups is 1. The van der Waals surface area contributed by atoms with Gasteiger partial charge in [-0.3, -0.25) is 0 Å². The Hall–Kier alpha value is -0.850. The normalized spacial score (nSPS) is 14.3. The van der Waals surface area contributed by atoms with Crippen LogP contribution in [0.25, 0.3) is 0 Å². The number of hydrogen-bond acceptors (Lipinski definition) is 5. The van der Waals surface area contributed by atoms with Crippen LogP contribution in [0.15, 0.2) is 38.2 Å². The van der Waals surface area contributed by atoms with Crippen molar-refractivity contribution >= 4 is 27.7 Å². The molecule has 0 saturated heterocycles. The van der Waals surface area contributed by atoms with E-state index < -0.39 is 0 Å². The predicted octanol–water partition coefficient (Wildman–Crippen LogP) is 3.58. The zero-order valence-electron chi connectivity index (χ0n) is 10.8. The van der Waals surface area contributed by atoms with Crippen LogP contribution >= 0.6 is 27.7 Å². The standard InChI is InChI=1S/C13H16BrN3OS/c1-8(9(2)15)13-16-12(17-18-13)7-19-11-5-3-10(14)4-6-11/h3-6,8-9H,7,15H2,1-2H3. The number of hydrogen-bond donors (Lipinski definition) is 1. The van der Waals surface area contributed by atoms with Gasteiger partial charge in [0.15, 0.2) is 5.82 Å². The lowest BCUT2D eigenvalue weighted by Crippen LogP contribution is -2.22. The highest BCUT2D eigenvalue weighted by Crippen LogP contribution is 2.24. The molecule has 0 amide bonds. The summed E-state index contributed by atoms with van der Waals surface area (Å²) in [4.78, 5) is 5.55. The summed E-state index contributed by atoms with van der Waals surface area (Å²) in [7, 11) is 0. The quantitative estimate of drug-likeness (QED) is 0.842. The highest BCUT2D eigenvalue weighted by atomic mass is 79.9. The van der Waals surface area contributed by atoms with Crippen LogP contribution in [-0.4, -0.2) is 16.2 Å². The van der Waals surface area contributed by atoms with Gasteiger partial charge in [0, 0.05) is 15.4 Å². The number of halogens is 1. The lowest BCUT2D eigenvalue weighted by molar-refractivity contribution is 0.344. The van der Waals surface area contributed by atoms with Gasteiger partial charge in [-0.2, -0.15) is 4.98 Å². The Morgan fingerprint density at radius 3 is 2.63 bits per heavy atom. The summed E-state index contributed by atoms with van der Waals surface area (Å²) in [6.45, 7) is 3.93. The first-order valence-electron chi connectivity index (χ1n) is 6.02. The molecule has 2 atom stereocenters. The van der Waals surface area contributed by atoms with Crippen molar-refractivity contribution < 1.29 is 4.52 Å². The Morgan fingerprint density at radius 2 is 2.00 bits per heavy atom. The zero-order chi connectivity index (χ0) is 13.8.